The van der Waals surface area contributed by atoms with Crippen molar-refractivity contribution < 1.29 is 28.9 Å². The van der Waals surface area contributed by atoms with Gasteiger partial charge in [-0.25, -0.2) is 0 Å². The standard InChI is InChI=1S/C26H24N2O6/c1-32-18-8-6-17(7-9-18)24(29)22-23(20-13-19(33-2)10-11-21(20)34-3)28(26(31)25(22)30)15-16-5-4-12-27-14-16/h4-14,23,29H,15H2,1-3H3/b24-22+/t23-/m1/s1. The Balaban J connectivity index is 1.92. The molecule has 1 saturated heterocycles. The third kappa shape index (κ3) is 4.17. The average molecular weight is 460 g/mol. The van der Waals surface area contributed by atoms with Gasteiger partial charge in [-0.1, -0.05) is 6.07 Å². The van der Waals surface area contributed by atoms with Gasteiger partial charge in [0.15, 0.2) is 0 Å². The summed E-state index contributed by atoms with van der Waals surface area (Å²) in [4.78, 5) is 32.0. The summed E-state index contributed by atoms with van der Waals surface area (Å²) >= 11 is 0. The van der Waals surface area contributed by atoms with Gasteiger partial charge in [0.25, 0.3) is 11.7 Å². The van der Waals surface area contributed by atoms with Gasteiger partial charge in [0.2, 0.25) is 0 Å². The van der Waals surface area contributed by atoms with Crippen molar-refractivity contribution in [3.8, 4) is 17.2 Å². The molecule has 8 nitrogen and oxygen atoms in total. The lowest BCUT2D eigenvalue weighted by molar-refractivity contribution is -0.140. The number of hydrogen-bond donors (Lipinski definition) is 1. The van der Waals surface area contributed by atoms with Crippen molar-refractivity contribution in [1.82, 2.24) is 9.88 Å². The fraction of sp³-hybridized carbons (Fsp3) is 0.192. The summed E-state index contributed by atoms with van der Waals surface area (Å²) in [5, 5.41) is 11.2. The number of carbonyl (C=O) groups excluding carboxylic acids is 2. The van der Waals surface area contributed by atoms with Crippen LogP contribution in [0.3, 0.4) is 0 Å². The summed E-state index contributed by atoms with van der Waals surface area (Å²) in [7, 11) is 4.56. The van der Waals surface area contributed by atoms with Gasteiger partial charge in [-0.2, -0.15) is 0 Å². The Morgan fingerprint density at radius 3 is 2.29 bits per heavy atom. The molecule has 0 bridgehead atoms. The van der Waals surface area contributed by atoms with Crippen LogP contribution in [0.4, 0.5) is 0 Å². The highest BCUT2D eigenvalue weighted by atomic mass is 16.5. The summed E-state index contributed by atoms with van der Waals surface area (Å²) in [5.74, 6) is -0.234. The summed E-state index contributed by atoms with van der Waals surface area (Å²) in [6, 6.07) is 14.4. The second kappa shape index (κ2) is 9.66. The van der Waals surface area contributed by atoms with Crippen molar-refractivity contribution in [1.29, 1.82) is 0 Å². The third-order valence-corrected chi connectivity index (χ3v) is 5.71. The number of ether oxygens (including phenoxy) is 3. The maximum atomic E-state index is 13.3. The van der Waals surface area contributed by atoms with Crippen LogP contribution in [0.2, 0.25) is 0 Å². The highest BCUT2D eigenvalue weighted by Crippen LogP contribution is 2.44. The van der Waals surface area contributed by atoms with E-state index in [1.54, 1.807) is 60.9 Å². The highest BCUT2D eigenvalue weighted by molar-refractivity contribution is 6.46. The normalized spacial score (nSPS) is 17.0. The van der Waals surface area contributed by atoms with E-state index in [2.05, 4.69) is 4.98 Å². The first kappa shape index (κ1) is 22.8. The van der Waals surface area contributed by atoms with E-state index in [1.807, 2.05) is 6.07 Å². The summed E-state index contributed by atoms with van der Waals surface area (Å²) in [6.07, 6.45) is 3.26. The minimum atomic E-state index is -0.910. The first-order chi connectivity index (χ1) is 16.5. The topological polar surface area (TPSA) is 98.2 Å². The first-order valence-electron chi connectivity index (χ1n) is 10.5. The van der Waals surface area contributed by atoms with Crippen LogP contribution in [-0.4, -0.2) is 48.0 Å². The molecule has 1 amide bonds. The van der Waals surface area contributed by atoms with E-state index in [1.165, 1.54) is 26.2 Å². The van der Waals surface area contributed by atoms with E-state index in [-0.39, 0.29) is 17.9 Å². The third-order valence-electron chi connectivity index (χ3n) is 5.71. The molecule has 34 heavy (non-hydrogen) atoms. The number of likely N-dealkylation sites (tertiary alicyclic amines) is 1. The molecular formula is C26H24N2O6. The fourth-order valence-electron chi connectivity index (χ4n) is 4.01. The van der Waals surface area contributed by atoms with E-state index < -0.39 is 17.7 Å². The van der Waals surface area contributed by atoms with Gasteiger partial charge in [0.05, 0.1) is 32.9 Å². The number of aliphatic hydroxyl groups is 1. The zero-order valence-electron chi connectivity index (χ0n) is 19.0. The maximum absolute atomic E-state index is 13.3. The minimum absolute atomic E-state index is 0.0365. The number of nitrogens with zero attached hydrogens (tertiary/aromatic N) is 2. The smallest absolute Gasteiger partial charge is 0.295 e. The van der Waals surface area contributed by atoms with Crippen LogP contribution < -0.4 is 14.2 Å². The van der Waals surface area contributed by atoms with Crippen molar-refractivity contribution in [2.45, 2.75) is 12.6 Å². The number of benzene rings is 2. The number of rotatable bonds is 7. The summed E-state index contributed by atoms with van der Waals surface area (Å²) in [5.41, 5.74) is 1.60. The summed E-state index contributed by atoms with van der Waals surface area (Å²) in [6.45, 7) is 0.114. The van der Waals surface area contributed by atoms with Crippen LogP contribution in [0.5, 0.6) is 17.2 Å². The minimum Gasteiger partial charge on any atom is -0.507 e. The lowest BCUT2D eigenvalue weighted by Crippen LogP contribution is -2.29. The van der Waals surface area contributed by atoms with Crippen LogP contribution in [0.15, 0.2) is 72.6 Å². The van der Waals surface area contributed by atoms with E-state index in [0.29, 0.717) is 28.4 Å². The Kier molecular flexibility index (Phi) is 6.49. The molecule has 2 heterocycles. The number of pyridine rings is 1. The molecule has 1 atom stereocenters. The predicted molar refractivity (Wildman–Crippen MR) is 125 cm³/mol. The molecule has 1 aliphatic heterocycles. The molecule has 2 aromatic carbocycles. The number of amides is 1. The SMILES string of the molecule is COc1ccc(/C(O)=C2\C(=O)C(=O)N(Cc3cccnc3)[C@@H]2c2cc(OC)ccc2OC)cc1. The molecule has 174 valence electrons. The molecular weight excluding hydrogens is 436 g/mol. The Morgan fingerprint density at radius 1 is 0.971 bits per heavy atom. The molecule has 0 saturated carbocycles. The molecule has 4 rings (SSSR count). The molecule has 1 aliphatic rings. The molecule has 0 unspecified atom stereocenters. The Labute approximate surface area is 197 Å². The predicted octanol–water partition coefficient (Wildman–Crippen LogP) is 3.73. The highest BCUT2D eigenvalue weighted by Gasteiger charge is 2.47. The number of methoxy groups -OCH3 is 3. The molecule has 1 aromatic heterocycles. The number of hydrogen-bond acceptors (Lipinski definition) is 7. The van der Waals surface area contributed by atoms with Crippen LogP contribution in [0.1, 0.15) is 22.7 Å². The van der Waals surface area contributed by atoms with Crippen LogP contribution >= 0.6 is 0 Å². The zero-order chi connectivity index (χ0) is 24.2. The van der Waals surface area contributed by atoms with Gasteiger partial charge < -0.3 is 24.2 Å². The van der Waals surface area contributed by atoms with Gasteiger partial charge >= 0.3 is 0 Å². The van der Waals surface area contributed by atoms with Crippen LogP contribution in [0.25, 0.3) is 5.76 Å². The number of ketones is 1. The zero-order valence-corrected chi connectivity index (χ0v) is 19.0. The Bertz CT molecular complexity index is 1240. The fourth-order valence-corrected chi connectivity index (χ4v) is 4.01. The quantitative estimate of drug-likeness (QED) is 0.326. The van der Waals surface area contributed by atoms with Crippen LogP contribution in [-0.2, 0) is 16.1 Å². The largest absolute Gasteiger partial charge is 0.507 e. The van der Waals surface area contributed by atoms with E-state index in [0.717, 1.165) is 5.56 Å². The number of Topliss-reactive ketones (excluding diaryl/α,β-unsaturated/α-hetero) is 1. The van der Waals surface area contributed by atoms with Gasteiger partial charge in [-0.3, -0.25) is 14.6 Å². The van der Waals surface area contributed by atoms with Crippen molar-refractivity contribution in [2.24, 2.45) is 0 Å². The van der Waals surface area contributed by atoms with Gasteiger partial charge in [-0.15, -0.1) is 0 Å². The summed E-state index contributed by atoms with van der Waals surface area (Å²) < 4.78 is 16.1. The van der Waals surface area contributed by atoms with Gasteiger partial charge in [0, 0.05) is 30.1 Å². The Hall–Kier alpha value is -4.33. The van der Waals surface area contributed by atoms with Crippen molar-refractivity contribution in [3.05, 3.63) is 89.3 Å². The van der Waals surface area contributed by atoms with Crippen molar-refractivity contribution in [3.63, 3.8) is 0 Å². The molecule has 8 heteroatoms. The number of aromatic nitrogens is 1. The molecule has 3 aromatic rings. The molecule has 0 radical (unpaired) electrons. The molecule has 0 aliphatic carbocycles. The maximum Gasteiger partial charge on any atom is 0.295 e. The van der Waals surface area contributed by atoms with Crippen molar-refractivity contribution >= 4 is 17.4 Å². The molecule has 0 spiro atoms. The van der Waals surface area contributed by atoms with Gasteiger partial charge in [0.1, 0.15) is 23.0 Å². The average Bonchev–Trinajstić information content (AvgIpc) is 3.13. The molecule has 1 N–H and O–H groups in total. The second-order valence-corrected chi connectivity index (χ2v) is 7.62. The van der Waals surface area contributed by atoms with E-state index in [9.17, 15) is 14.7 Å². The lowest BCUT2D eigenvalue weighted by atomic mass is 9.94. The monoisotopic (exact) mass is 460 g/mol. The lowest BCUT2D eigenvalue weighted by Gasteiger charge is -2.27. The second-order valence-electron chi connectivity index (χ2n) is 7.62. The van der Waals surface area contributed by atoms with Gasteiger partial charge in [-0.05, 0) is 54.1 Å². The van der Waals surface area contributed by atoms with Crippen LogP contribution in [0, 0.1) is 0 Å². The number of carbonyl (C=O) groups is 2. The Morgan fingerprint density at radius 2 is 1.68 bits per heavy atom. The molecule has 1 fully saturated rings. The van der Waals surface area contributed by atoms with E-state index in [4.69, 9.17) is 14.2 Å². The van der Waals surface area contributed by atoms with E-state index >= 15 is 0 Å². The number of aliphatic hydroxyl groups excluding tert-OH is 1. The van der Waals surface area contributed by atoms with Crippen molar-refractivity contribution in [2.75, 3.05) is 21.3 Å². The first-order valence-corrected chi connectivity index (χ1v) is 10.5.